The Kier molecular flexibility index (Phi) is 4.62. The first-order chi connectivity index (χ1) is 11.3. The standard InChI is InChI=1S/C15H17ClN4O3S/c1-20-8-11(17-9-20)7-18-24(22,23)14-6-13-10(5-12(14)16)3-2-4-15(21)19-13/h5-6,8-9,18H,2-4,7H2,1H3,(H,19,21). The van der Waals surface area contributed by atoms with E-state index in [2.05, 4.69) is 15.0 Å². The number of amides is 1. The van der Waals surface area contributed by atoms with Crippen molar-refractivity contribution in [3.63, 3.8) is 0 Å². The van der Waals surface area contributed by atoms with Gasteiger partial charge < -0.3 is 9.88 Å². The van der Waals surface area contributed by atoms with Crippen LogP contribution in [-0.2, 0) is 34.8 Å². The van der Waals surface area contributed by atoms with E-state index in [0.29, 0.717) is 30.6 Å². The predicted molar refractivity (Wildman–Crippen MR) is 90.3 cm³/mol. The molecule has 1 aromatic heterocycles. The molecule has 0 aliphatic carbocycles. The van der Waals surface area contributed by atoms with E-state index in [0.717, 1.165) is 5.56 Å². The van der Waals surface area contributed by atoms with Gasteiger partial charge in [0.25, 0.3) is 0 Å². The van der Waals surface area contributed by atoms with Crippen molar-refractivity contribution in [1.29, 1.82) is 0 Å². The van der Waals surface area contributed by atoms with E-state index in [1.54, 1.807) is 30.2 Å². The molecular formula is C15H17ClN4O3S. The minimum Gasteiger partial charge on any atom is -0.340 e. The minimum absolute atomic E-state index is 0.0546. The number of sulfonamides is 1. The summed E-state index contributed by atoms with van der Waals surface area (Å²) in [6, 6.07) is 3.03. The Morgan fingerprint density at radius 2 is 2.17 bits per heavy atom. The number of nitrogens with one attached hydrogen (secondary N) is 2. The minimum atomic E-state index is -3.83. The molecule has 3 rings (SSSR count). The van der Waals surface area contributed by atoms with Crippen molar-refractivity contribution in [2.45, 2.75) is 30.7 Å². The number of nitrogens with zero attached hydrogens (tertiary/aromatic N) is 2. The maximum atomic E-state index is 12.5. The van der Waals surface area contributed by atoms with Crippen LogP contribution in [0.1, 0.15) is 24.1 Å². The molecule has 128 valence electrons. The highest BCUT2D eigenvalue weighted by Crippen LogP contribution is 2.31. The summed E-state index contributed by atoms with van der Waals surface area (Å²) in [7, 11) is -2.02. The molecule has 2 N–H and O–H groups in total. The monoisotopic (exact) mass is 368 g/mol. The van der Waals surface area contributed by atoms with Gasteiger partial charge >= 0.3 is 0 Å². The van der Waals surface area contributed by atoms with E-state index in [1.807, 2.05) is 0 Å². The van der Waals surface area contributed by atoms with Crippen LogP contribution in [0.25, 0.3) is 0 Å². The summed E-state index contributed by atoms with van der Waals surface area (Å²) in [5, 5.41) is 2.87. The first-order valence-corrected chi connectivity index (χ1v) is 9.30. The van der Waals surface area contributed by atoms with Crippen LogP contribution in [0.4, 0.5) is 5.69 Å². The number of halogens is 1. The van der Waals surface area contributed by atoms with E-state index in [9.17, 15) is 13.2 Å². The SMILES string of the molecule is Cn1cnc(CNS(=O)(=O)c2cc3c(cc2Cl)CCCC(=O)N3)c1. The van der Waals surface area contributed by atoms with Crippen LogP contribution < -0.4 is 10.0 Å². The maximum Gasteiger partial charge on any atom is 0.242 e. The number of hydrogen-bond acceptors (Lipinski definition) is 4. The lowest BCUT2D eigenvalue weighted by Crippen LogP contribution is -2.24. The van der Waals surface area contributed by atoms with Crippen molar-refractivity contribution in [3.05, 3.63) is 40.9 Å². The highest BCUT2D eigenvalue weighted by molar-refractivity contribution is 7.89. The molecule has 2 aromatic rings. The molecule has 0 saturated carbocycles. The van der Waals surface area contributed by atoms with E-state index in [4.69, 9.17) is 11.6 Å². The fraction of sp³-hybridized carbons (Fsp3) is 0.333. The summed E-state index contributed by atoms with van der Waals surface area (Å²) in [6.45, 7) is 0.0585. The number of aryl methyl sites for hydroxylation is 2. The van der Waals surface area contributed by atoms with Gasteiger partial charge in [-0.15, -0.1) is 0 Å². The Morgan fingerprint density at radius 3 is 2.88 bits per heavy atom. The molecule has 0 unspecified atom stereocenters. The highest BCUT2D eigenvalue weighted by atomic mass is 35.5. The molecule has 1 aliphatic heterocycles. The second-order valence-corrected chi connectivity index (χ2v) is 7.84. The molecule has 1 aromatic carbocycles. The van der Waals surface area contributed by atoms with Crippen LogP contribution in [0.3, 0.4) is 0 Å². The fourth-order valence-corrected chi connectivity index (χ4v) is 4.15. The number of imidazole rings is 1. The molecule has 24 heavy (non-hydrogen) atoms. The van der Waals surface area contributed by atoms with Gasteiger partial charge in [0.2, 0.25) is 15.9 Å². The molecule has 0 atom stereocenters. The number of anilines is 1. The number of aromatic nitrogens is 2. The zero-order valence-electron chi connectivity index (χ0n) is 13.0. The lowest BCUT2D eigenvalue weighted by Gasteiger charge is -2.12. The van der Waals surface area contributed by atoms with Crippen molar-refractivity contribution in [2.24, 2.45) is 7.05 Å². The van der Waals surface area contributed by atoms with E-state index >= 15 is 0 Å². The van der Waals surface area contributed by atoms with Crippen molar-refractivity contribution >= 4 is 33.2 Å². The fourth-order valence-electron chi connectivity index (χ4n) is 2.58. The van der Waals surface area contributed by atoms with Crippen LogP contribution in [-0.4, -0.2) is 23.9 Å². The van der Waals surface area contributed by atoms with Crippen molar-refractivity contribution in [2.75, 3.05) is 5.32 Å². The quantitative estimate of drug-likeness (QED) is 0.860. The van der Waals surface area contributed by atoms with Gasteiger partial charge in [-0.2, -0.15) is 0 Å². The largest absolute Gasteiger partial charge is 0.340 e. The van der Waals surface area contributed by atoms with Crippen LogP contribution in [0, 0.1) is 0 Å². The summed E-state index contributed by atoms with van der Waals surface area (Å²) in [5.74, 6) is -0.124. The maximum absolute atomic E-state index is 12.5. The van der Waals surface area contributed by atoms with Crippen molar-refractivity contribution in [3.8, 4) is 0 Å². The van der Waals surface area contributed by atoms with Crippen molar-refractivity contribution in [1.82, 2.24) is 14.3 Å². The molecule has 0 fully saturated rings. The summed E-state index contributed by atoms with van der Waals surface area (Å²) in [6.07, 6.45) is 5.11. The summed E-state index contributed by atoms with van der Waals surface area (Å²) < 4.78 is 29.3. The number of rotatable bonds is 4. The second kappa shape index (κ2) is 6.54. The number of fused-ring (bicyclic) bond motifs is 1. The Morgan fingerprint density at radius 1 is 1.38 bits per heavy atom. The smallest absolute Gasteiger partial charge is 0.242 e. The van der Waals surface area contributed by atoms with E-state index in [1.165, 1.54) is 6.07 Å². The molecule has 9 heteroatoms. The van der Waals surface area contributed by atoms with Gasteiger partial charge in [0, 0.05) is 25.4 Å². The number of carbonyl (C=O) groups is 1. The Labute approximate surface area is 145 Å². The van der Waals surface area contributed by atoms with Gasteiger partial charge in [-0.05, 0) is 30.5 Å². The molecule has 0 spiro atoms. The lowest BCUT2D eigenvalue weighted by molar-refractivity contribution is -0.116. The van der Waals surface area contributed by atoms with Gasteiger partial charge in [0.15, 0.2) is 0 Å². The van der Waals surface area contributed by atoms with E-state index < -0.39 is 10.0 Å². The van der Waals surface area contributed by atoms with Crippen LogP contribution in [0.2, 0.25) is 5.02 Å². The molecule has 0 saturated heterocycles. The Balaban J connectivity index is 1.88. The number of carbonyl (C=O) groups excluding carboxylic acids is 1. The van der Waals surface area contributed by atoms with Gasteiger partial charge in [0.05, 0.1) is 23.6 Å². The first-order valence-electron chi connectivity index (χ1n) is 7.44. The zero-order chi connectivity index (χ0) is 17.3. The van der Waals surface area contributed by atoms with Crippen LogP contribution in [0.15, 0.2) is 29.6 Å². The Bertz CT molecular complexity index is 892. The summed E-state index contributed by atoms with van der Waals surface area (Å²) in [5.41, 5.74) is 1.94. The van der Waals surface area contributed by atoms with Crippen molar-refractivity contribution < 1.29 is 13.2 Å². The number of hydrogen-bond donors (Lipinski definition) is 2. The zero-order valence-corrected chi connectivity index (χ0v) is 14.6. The third-order valence-electron chi connectivity index (χ3n) is 3.77. The second-order valence-electron chi connectivity index (χ2n) is 5.70. The van der Waals surface area contributed by atoms with Crippen LogP contribution >= 0.6 is 11.6 Å². The van der Waals surface area contributed by atoms with Gasteiger partial charge in [-0.3, -0.25) is 4.79 Å². The van der Waals surface area contributed by atoms with Crippen LogP contribution in [0.5, 0.6) is 0 Å². The van der Waals surface area contributed by atoms with Gasteiger partial charge in [-0.25, -0.2) is 18.1 Å². The third-order valence-corrected chi connectivity index (χ3v) is 5.64. The lowest BCUT2D eigenvalue weighted by atomic mass is 10.1. The molecule has 1 aliphatic rings. The average Bonchev–Trinajstić information content (AvgIpc) is 2.84. The summed E-state index contributed by atoms with van der Waals surface area (Å²) >= 11 is 6.17. The highest BCUT2D eigenvalue weighted by Gasteiger charge is 2.22. The molecular weight excluding hydrogens is 352 g/mol. The first kappa shape index (κ1) is 16.9. The van der Waals surface area contributed by atoms with Gasteiger partial charge in [-0.1, -0.05) is 11.6 Å². The predicted octanol–water partition coefficient (Wildman–Crippen LogP) is 1.83. The van der Waals surface area contributed by atoms with Gasteiger partial charge in [0.1, 0.15) is 4.90 Å². The van der Waals surface area contributed by atoms with E-state index in [-0.39, 0.29) is 22.4 Å². The number of benzene rings is 1. The molecule has 1 amide bonds. The molecule has 0 radical (unpaired) electrons. The Hall–Kier alpha value is -1.90. The summed E-state index contributed by atoms with van der Waals surface area (Å²) in [4.78, 5) is 15.7. The average molecular weight is 369 g/mol. The molecule has 2 heterocycles. The normalized spacial score (nSPS) is 14.8. The topological polar surface area (TPSA) is 93.1 Å². The molecule has 0 bridgehead atoms. The third kappa shape index (κ3) is 3.61. The molecule has 7 nitrogen and oxygen atoms in total.